The maximum absolute atomic E-state index is 14.8. The van der Waals surface area contributed by atoms with Crippen molar-refractivity contribution in [3.05, 3.63) is 221 Å². The minimum atomic E-state index is -0.583. The Hall–Kier alpha value is -11.2. The number of rotatable bonds is 24. The van der Waals surface area contributed by atoms with Gasteiger partial charge >= 0.3 is 35.8 Å². The molecule has 0 aromatic heterocycles. The zero-order chi connectivity index (χ0) is 70.2. The van der Waals surface area contributed by atoms with Crippen molar-refractivity contribution < 1.29 is 86.0 Å². The minimum Gasteiger partial charge on any atom is -0.497 e. The summed E-state index contributed by atoms with van der Waals surface area (Å²) in [4.78, 5) is 88.5. The molecule has 0 heterocycles. The van der Waals surface area contributed by atoms with E-state index in [-0.39, 0.29) is 76.6 Å². The number of methoxy groups -OCH3 is 5. The summed E-state index contributed by atoms with van der Waals surface area (Å²) >= 11 is 0. The largest absolute Gasteiger partial charge is 0.497 e. The van der Waals surface area contributed by atoms with E-state index in [2.05, 4.69) is 0 Å². The topological polar surface area (TPSA) is 224 Å². The van der Waals surface area contributed by atoms with Crippen LogP contribution in [0.2, 0.25) is 0 Å². The van der Waals surface area contributed by atoms with E-state index in [4.69, 9.17) is 52.1 Å². The molecule has 0 amide bonds. The number of ether oxygens (including phenoxy) is 11. The van der Waals surface area contributed by atoms with Gasteiger partial charge in [-0.15, -0.1) is 0 Å². The summed E-state index contributed by atoms with van der Waals surface area (Å²) in [6.45, 7) is -0.139. The molecule has 0 bridgehead atoms. The molecule has 6 aliphatic carbocycles. The Labute approximate surface area is 587 Å². The van der Waals surface area contributed by atoms with Crippen LogP contribution in [0.1, 0.15) is 113 Å². The molecule has 18 nitrogen and oxygen atoms in total. The van der Waals surface area contributed by atoms with Gasteiger partial charge < -0.3 is 57.2 Å². The van der Waals surface area contributed by atoms with Crippen LogP contribution in [-0.2, 0) is 35.4 Å². The van der Waals surface area contributed by atoms with E-state index in [1.165, 1.54) is 0 Å². The molecule has 0 radical (unpaired) electrons. The number of hydrogen-bond acceptors (Lipinski definition) is 18. The highest BCUT2D eigenvalue weighted by molar-refractivity contribution is 6.27. The molecule has 10 aromatic carbocycles. The van der Waals surface area contributed by atoms with Crippen LogP contribution in [0.5, 0.6) is 63.2 Å². The van der Waals surface area contributed by atoms with Crippen molar-refractivity contribution in [2.45, 2.75) is 80.6 Å². The maximum Gasteiger partial charge on any atom is 0.315 e. The Kier molecular flexibility index (Phi) is 17.1. The third-order valence-corrected chi connectivity index (χ3v) is 21.3. The highest BCUT2D eigenvalue weighted by Gasteiger charge is 2.51. The van der Waals surface area contributed by atoms with E-state index >= 15 is 0 Å². The third kappa shape index (κ3) is 13.1. The van der Waals surface area contributed by atoms with Gasteiger partial charge in [0.05, 0.1) is 77.7 Å². The van der Waals surface area contributed by atoms with Gasteiger partial charge in [0, 0.05) is 0 Å². The molecule has 6 aliphatic rings. The van der Waals surface area contributed by atoms with E-state index in [0.29, 0.717) is 99.6 Å². The fourth-order valence-corrected chi connectivity index (χ4v) is 14.7. The lowest BCUT2D eigenvalue weighted by Crippen LogP contribution is -2.16. The van der Waals surface area contributed by atoms with Gasteiger partial charge in [0.25, 0.3) is 0 Å². The van der Waals surface area contributed by atoms with Gasteiger partial charge in [-0.2, -0.15) is 0 Å². The fraction of sp³-hybridized carbons (Fsp3) is 0.286. The Morgan fingerprint density at radius 3 is 0.569 bits per heavy atom. The summed E-state index contributed by atoms with van der Waals surface area (Å²) in [5.41, 5.74) is 6.20. The maximum atomic E-state index is 14.8. The van der Waals surface area contributed by atoms with Gasteiger partial charge in [0.1, 0.15) is 28.7 Å². The van der Waals surface area contributed by atoms with Gasteiger partial charge in [0.15, 0.2) is 34.5 Å². The summed E-state index contributed by atoms with van der Waals surface area (Å²) in [6.07, 6.45) is 2.90. The monoisotopic (exact) mass is 1370 g/mol. The first-order valence-electron chi connectivity index (χ1n) is 34.4. The molecule has 6 saturated carbocycles. The number of aliphatic hydroxyl groups is 1. The molecule has 0 spiro atoms. The molecular weight excluding hydrogens is 1300 g/mol. The number of esters is 6. The van der Waals surface area contributed by atoms with Crippen molar-refractivity contribution in [2.24, 2.45) is 35.5 Å². The predicted molar refractivity (Wildman–Crippen MR) is 375 cm³/mol. The molecule has 0 saturated heterocycles. The van der Waals surface area contributed by atoms with Crippen molar-refractivity contribution in [1.29, 1.82) is 0 Å². The van der Waals surface area contributed by atoms with E-state index in [1.54, 1.807) is 71.9 Å². The van der Waals surface area contributed by atoms with Crippen molar-refractivity contribution in [3.8, 4) is 63.2 Å². The van der Waals surface area contributed by atoms with E-state index < -0.39 is 71.3 Å². The quantitative estimate of drug-likeness (QED) is 0.0337. The van der Waals surface area contributed by atoms with E-state index in [9.17, 15) is 33.9 Å². The lowest BCUT2D eigenvalue weighted by molar-refractivity contribution is -0.138. The van der Waals surface area contributed by atoms with E-state index in [1.807, 2.05) is 146 Å². The number of aliphatic hydroxyl groups excluding tert-OH is 1. The smallest absolute Gasteiger partial charge is 0.315 e. The van der Waals surface area contributed by atoms with Gasteiger partial charge in [0.2, 0.25) is 0 Å². The Balaban J connectivity index is 0.853. The van der Waals surface area contributed by atoms with Crippen LogP contribution in [0.25, 0.3) is 32.3 Å². The predicted octanol–water partition coefficient (Wildman–Crippen LogP) is 14.9. The first kappa shape index (κ1) is 65.4. The molecule has 12 unspecified atom stereocenters. The fourth-order valence-electron chi connectivity index (χ4n) is 14.7. The van der Waals surface area contributed by atoms with Gasteiger partial charge in [-0.1, -0.05) is 84.9 Å². The standard InChI is InChI=1S/C84H72O18/c1-92-50-20-10-45(11-21-50)56-31-68(56)80(87)98-74-37-62-61(36-73(74)97-79(86)67-30-55(67)44-8-6-43(42-85)7-9-44)63-38-75(99-81(88)69-32-57(69)46-12-22-51(93-2)23-13-46)77(101-83(90)71-34-59(71)48-16-26-53(95-4)27-17-48)40-65(63)66-41-78(102-84(91)72-35-60(72)49-18-28-54(96-5)29-19-49)76(39-64(62)66)100-82(89)70-33-58(70)47-14-24-52(94-3)25-15-47/h6-29,36-41,55-60,67-72,85H,30-35,42H2,1-5H3. The van der Waals surface area contributed by atoms with Crippen molar-refractivity contribution >= 4 is 68.1 Å². The van der Waals surface area contributed by atoms with Crippen molar-refractivity contribution in [3.63, 3.8) is 0 Å². The zero-order valence-corrected chi connectivity index (χ0v) is 56.6. The first-order valence-corrected chi connectivity index (χ1v) is 34.4. The van der Waals surface area contributed by atoms with Gasteiger partial charge in [-0.3, -0.25) is 28.8 Å². The number of fused-ring (bicyclic) bond motifs is 6. The summed E-state index contributed by atoms with van der Waals surface area (Å²) in [5.74, 6) is -5.15. The van der Waals surface area contributed by atoms with Crippen LogP contribution in [-0.4, -0.2) is 76.5 Å². The van der Waals surface area contributed by atoms with Crippen LogP contribution in [0, 0.1) is 35.5 Å². The number of carbonyl (C=O) groups is 6. The molecule has 18 heteroatoms. The van der Waals surface area contributed by atoms with Gasteiger partial charge in [-0.05, 0) is 242 Å². The van der Waals surface area contributed by atoms with Crippen LogP contribution in [0.4, 0.5) is 0 Å². The number of benzene rings is 10. The summed E-state index contributed by atoms with van der Waals surface area (Å²) < 4.78 is 66.0. The lowest BCUT2D eigenvalue weighted by atomic mass is 9.93. The molecule has 102 heavy (non-hydrogen) atoms. The van der Waals surface area contributed by atoms with Crippen molar-refractivity contribution in [1.82, 2.24) is 0 Å². The average Bonchev–Trinajstić information content (AvgIpc) is 1.54. The third-order valence-electron chi connectivity index (χ3n) is 21.3. The molecule has 0 aliphatic heterocycles. The average molecular weight is 1370 g/mol. The molecule has 10 aromatic rings. The van der Waals surface area contributed by atoms with Crippen LogP contribution in [0.15, 0.2) is 182 Å². The van der Waals surface area contributed by atoms with E-state index in [0.717, 1.165) is 38.9 Å². The molecular formula is C84H72O18. The Morgan fingerprint density at radius 1 is 0.265 bits per heavy atom. The Bertz CT molecular complexity index is 4140. The highest BCUT2D eigenvalue weighted by Crippen LogP contribution is 2.57. The minimum absolute atomic E-state index is 0.0864. The lowest BCUT2D eigenvalue weighted by Gasteiger charge is -2.19. The molecule has 16 rings (SSSR count). The van der Waals surface area contributed by atoms with Crippen LogP contribution < -0.4 is 52.1 Å². The van der Waals surface area contributed by atoms with Crippen molar-refractivity contribution in [2.75, 3.05) is 35.5 Å². The van der Waals surface area contributed by atoms with Crippen LogP contribution >= 0.6 is 0 Å². The second-order valence-electron chi connectivity index (χ2n) is 27.5. The number of hydrogen-bond donors (Lipinski definition) is 1. The molecule has 1 N–H and O–H groups in total. The second kappa shape index (κ2) is 26.7. The zero-order valence-electron chi connectivity index (χ0n) is 56.6. The normalized spacial score (nSPS) is 23.0. The summed E-state index contributed by atoms with van der Waals surface area (Å²) in [5, 5.41) is 12.1. The second-order valence-corrected chi connectivity index (χ2v) is 27.5. The Morgan fingerprint density at radius 2 is 0.422 bits per heavy atom. The van der Waals surface area contributed by atoms with Gasteiger partial charge in [-0.25, -0.2) is 0 Å². The summed E-state index contributed by atoms with van der Waals surface area (Å²) in [6, 6.07) is 54.6. The highest BCUT2D eigenvalue weighted by atomic mass is 16.6. The van der Waals surface area contributed by atoms with Crippen LogP contribution in [0.3, 0.4) is 0 Å². The molecule has 12 atom stereocenters. The summed E-state index contributed by atoms with van der Waals surface area (Å²) in [7, 11) is 7.92. The first-order chi connectivity index (χ1) is 49.7. The number of carbonyl (C=O) groups excluding carboxylic acids is 6. The molecule has 6 fully saturated rings. The molecule has 516 valence electrons. The SMILES string of the molecule is COc1ccc(C2CC2C(=O)Oc2cc3c(cc2OC(=O)C2CC2c2ccc(CO)cc2)c2cc(OC(=O)C4CC4c4ccc(OC)cc4)c(OC(=O)C4CC4c4ccc(OC)cc4)cc2c2cc(OC(=O)C4CC4c4ccc(OC)cc4)c(OC(=O)C4CC4c4ccc(OC)cc4)cc32)cc1.